The van der Waals surface area contributed by atoms with Gasteiger partial charge in [0, 0.05) is 17.8 Å². The molecule has 0 aromatic carbocycles. The summed E-state index contributed by atoms with van der Waals surface area (Å²) in [5.74, 6) is 0.204. The van der Waals surface area contributed by atoms with E-state index < -0.39 is 0 Å². The van der Waals surface area contributed by atoms with Gasteiger partial charge in [0.05, 0.1) is 6.10 Å². The first-order chi connectivity index (χ1) is 4.72. The number of aliphatic hydroxyl groups is 1. The number of aromatic nitrogens is 1. The monoisotopic (exact) mass is 139 g/mol. The lowest BCUT2D eigenvalue weighted by Crippen LogP contribution is -2.10. The van der Waals surface area contributed by atoms with E-state index in [2.05, 4.69) is 4.98 Å². The van der Waals surface area contributed by atoms with Crippen LogP contribution in [0.3, 0.4) is 0 Å². The molecule has 2 unspecified atom stereocenters. The molecule has 0 bridgehead atoms. The van der Waals surface area contributed by atoms with Gasteiger partial charge in [-0.05, 0) is 19.1 Å². The Balaban J connectivity index is 2.68. The van der Waals surface area contributed by atoms with Gasteiger partial charge in [0.25, 0.3) is 0 Å². The van der Waals surface area contributed by atoms with Gasteiger partial charge in [-0.15, -0.1) is 0 Å². The Hall–Kier alpha value is -0.760. The predicted octanol–water partition coefficient (Wildman–Crippen LogP) is 1.50. The highest BCUT2D eigenvalue weighted by Crippen LogP contribution is 2.15. The van der Waals surface area contributed by atoms with Crippen LogP contribution in [0.15, 0.2) is 18.3 Å². The van der Waals surface area contributed by atoms with Crippen molar-refractivity contribution < 1.29 is 5.11 Å². The third-order valence-corrected chi connectivity index (χ3v) is 1.84. The average Bonchev–Trinajstić information content (AvgIpc) is 2.36. The Morgan fingerprint density at radius 3 is 2.60 bits per heavy atom. The van der Waals surface area contributed by atoms with Crippen molar-refractivity contribution in [3.8, 4) is 0 Å². The lowest BCUT2D eigenvalue weighted by molar-refractivity contribution is 0.167. The summed E-state index contributed by atoms with van der Waals surface area (Å²) in [5.41, 5.74) is 1.09. The first kappa shape index (κ1) is 7.35. The maximum atomic E-state index is 9.17. The fourth-order valence-electron chi connectivity index (χ4n) is 0.887. The summed E-state index contributed by atoms with van der Waals surface area (Å²) in [6.45, 7) is 3.79. The minimum Gasteiger partial charge on any atom is -0.393 e. The molecule has 0 aliphatic heterocycles. The van der Waals surface area contributed by atoms with Gasteiger partial charge in [0.1, 0.15) is 0 Å². The molecule has 0 aliphatic carbocycles. The lowest BCUT2D eigenvalue weighted by Gasteiger charge is -2.11. The zero-order chi connectivity index (χ0) is 7.56. The first-order valence-corrected chi connectivity index (χ1v) is 3.53. The van der Waals surface area contributed by atoms with Crippen LogP contribution < -0.4 is 0 Å². The Bertz CT molecular complexity index is 179. The summed E-state index contributed by atoms with van der Waals surface area (Å²) in [6.07, 6.45) is 1.59. The summed E-state index contributed by atoms with van der Waals surface area (Å²) in [5, 5.41) is 9.17. The molecular weight excluding hydrogens is 126 g/mol. The molecule has 0 fully saturated rings. The maximum absolute atomic E-state index is 9.17. The second-order valence-electron chi connectivity index (χ2n) is 2.65. The van der Waals surface area contributed by atoms with Crippen molar-refractivity contribution >= 4 is 0 Å². The smallest absolute Gasteiger partial charge is 0.0592 e. The number of rotatable bonds is 2. The fraction of sp³-hybridized carbons (Fsp3) is 0.500. The fourth-order valence-corrected chi connectivity index (χ4v) is 0.887. The molecule has 10 heavy (non-hydrogen) atoms. The molecule has 2 atom stereocenters. The average molecular weight is 139 g/mol. The Kier molecular flexibility index (Phi) is 2.12. The van der Waals surface area contributed by atoms with E-state index in [1.54, 1.807) is 6.92 Å². The highest BCUT2D eigenvalue weighted by atomic mass is 16.3. The van der Waals surface area contributed by atoms with Crippen LogP contribution in [0.1, 0.15) is 25.5 Å². The van der Waals surface area contributed by atoms with Crippen LogP contribution in [-0.2, 0) is 0 Å². The normalized spacial score (nSPS) is 16.7. The Morgan fingerprint density at radius 2 is 2.20 bits per heavy atom. The molecule has 1 rings (SSSR count). The van der Waals surface area contributed by atoms with Crippen LogP contribution >= 0.6 is 0 Å². The van der Waals surface area contributed by atoms with Gasteiger partial charge in [-0.2, -0.15) is 0 Å². The lowest BCUT2D eigenvalue weighted by atomic mass is 10.0. The summed E-state index contributed by atoms with van der Waals surface area (Å²) in [6, 6.07) is 3.92. The van der Waals surface area contributed by atoms with Gasteiger partial charge in [-0.25, -0.2) is 0 Å². The van der Waals surface area contributed by atoms with E-state index in [9.17, 15) is 5.11 Å². The van der Waals surface area contributed by atoms with E-state index in [0.29, 0.717) is 0 Å². The van der Waals surface area contributed by atoms with Crippen LogP contribution in [-0.4, -0.2) is 16.2 Å². The van der Waals surface area contributed by atoms with Crippen molar-refractivity contribution in [2.24, 2.45) is 0 Å². The van der Waals surface area contributed by atoms with Crippen molar-refractivity contribution in [3.63, 3.8) is 0 Å². The second-order valence-corrected chi connectivity index (χ2v) is 2.65. The van der Waals surface area contributed by atoms with Crippen LogP contribution in [0.2, 0.25) is 0 Å². The number of aromatic amines is 1. The summed E-state index contributed by atoms with van der Waals surface area (Å²) in [4.78, 5) is 3.06. The van der Waals surface area contributed by atoms with E-state index in [4.69, 9.17) is 0 Å². The zero-order valence-corrected chi connectivity index (χ0v) is 6.33. The van der Waals surface area contributed by atoms with Gasteiger partial charge >= 0.3 is 0 Å². The van der Waals surface area contributed by atoms with Crippen molar-refractivity contribution in [3.05, 3.63) is 24.0 Å². The van der Waals surface area contributed by atoms with E-state index in [-0.39, 0.29) is 12.0 Å². The highest BCUT2D eigenvalue weighted by molar-refractivity contribution is 5.09. The topological polar surface area (TPSA) is 36.0 Å². The molecule has 1 aromatic rings. The second kappa shape index (κ2) is 2.88. The number of H-pyrrole nitrogens is 1. The number of hydrogen-bond acceptors (Lipinski definition) is 1. The maximum Gasteiger partial charge on any atom is 0.0592 e. The molecule has 0 radical (unpaired) electrons. The summed E-state index contributed by atoms with van der Waals surface area (Å²) < 4.78 is 0. The van der Waals surface area contributed by atoms with E-state index in [1.165, 1.54) is 0 Å². The van der Waals surface area contributed by atoms with E-state index in [1.807, 2.05) is 25.3 Å². The number of aliphatic hydroxyl groups excluding tert-OH is 1. The standard InChI is InChI=1S/C8H13NO/c1-6(7(2)10)8-4-3-5-9-8/h3-7,9-10H,1-2H3. The zero-order valence-electron chi connectivity index (χ0n) is 6.33. The molecule has 2 nitrogen and oxygen atoms in total. The van der Waals surface area contributed by atoms with Gasteiger partial charge in [-0.1, -0.05) is 6.92 Å². The largest absolute Gasteiger partial charge is 0.393 e. The highest BCUT2D eigenvalue weighted by Gasteiger charge is 2.10. The molecule has 2 heteroatoms. The summed E-state index contributed by atoms with van der Waals surface area (Å²) in [7, 11) is 0. The van der Waals surface area contributed by atoms with Gasteiger partial charge in [0.15, 0.2) is 0 Å². The van der Waals surface area contributed by atoms with E-state index >= 15 is 0 Å². The molecule has 0 spiro atoms. The Morgan fingerprint density at radius 1 is 1.50 bits per heavy atom. The van der Waals surface area contributed by atoms with Crippen molar-refractivity contribution in [2.45, 2.75) is 25.9 Å². The van der Waals surface area contributed by atoms with Crippen LogP contribution in [0.25, 0.3) is 0 Å². The number of nitrogens with one attached hydrogen (secondary N) is 1. The van der Waals surface area contributed by atoms with Crippen molar-refractivity contribution in [1.29, 1.82) is 0 Å². The third-order valence-electron chi connectivity index (χ3n) is 1.84. The van der Waals surface area contributed by atoms with Crippen LogP contribution in [0.4, 0.5) is 0 Å². The quantitative estimate of drug-likeness (QED) is 0.640. The van der Waals surface area contributed by atoms with Gasteiger partial charge in [0.2, 0.25) is 0 Å². The van der Waals surface area contributed by atoms with Crippen molar-refractivity contribution in [2.75, 3.05) is 0 Å². The predicted molar refractivity (Wildman–Crippen MR) is 40.9 cm³/mol. The minimum absolute atomic E-state index is 0.204. The Labute approximate surface area is 60.9 Å². The molecular formula is C8H13NO. The summed E-state index contributed by atoms with van der Waals surface area (Å²) >= 11 is 0. The molecule has 0 aliphatic rings. The SMILES string of the molecule is CC(O)C(C)c1ccc[nH]1. The number of hydrogen-bond donors (Lipinski definition) is 2. The molecule has 0 saturated heterocycles. The van der Waals surface area contributed by atoms with Crippen molar-refractivity contribution in [1.82, 2.24) is 4.98 Å². The molecule has 2 N–H and O–H groups in total. The molecule has 1 heterocycles. The van der Waals surface area contributed by atoms with E-state index in [0.717, 1.165) is 5.69 Å². The molecule has 56 valence electrons. The van der Waals surface area contributed by atoms with Gasteiger partial charge in [-0.3, -0.25) is 0 Å². The first-order valence-electron chi connectivity index (χ1n) is 3.53. The molecule has 1 aromatic heterocycles. The third kappa shape index (κ3) is 1.39. The molecule has 0 saturated carbocycles. The molecule has 0 amide bonds. The van der Waals surface area contributed by atoms with Crippen LogP contribution in [0, 0.1) is 0 Å². The minimum atomic E-state index is -0.279. The van der Waals surface area contributed by atoms with Crippen LogP contribution in [0.5, 0.6) is 0 Å². The van der Waals surface area contributed by atoms with Gasteiger partial charge < -0.3 is 10.1 Å².